The molecule has 0 aromatic rings. The smallest absolute Gasteiger partial charge is 0.469 e. The van der Waals surface area contributed by atoms with Gasteiger partial charge in [-0.3, -0.25) is 9.59 Å². The van der Waals surface area contributed by atoms with E-state index in [1.807, 2.05) is 27.7 Å². The molecule has 0 N–H and O–H groups in total. The minimum atomic E-state index is -2.82. The highest BCUT2D eigenvalue weighted by molar-refractivity contribution is 6.73. The largest absolute Gasteiger partial charge is 0.485 e. The number of hydrogen-bond acceptors (Lipinski definition) is 4. The predicted octanol–water partition coefficient (Wildman–Crippen LogP) is 3.16. The van der Waals surface area contributed by atoms with Crippen molar-refractivity contribution in [3.63, 3.8) is 0 Å². The van der Waals surface area contributed by atoms with Crippen molar-refractivity contribution in [1.82, 2.24) is 0 Å². The van der Waals surface area contributed by atoms with Gasteiger partial charge < -0.3 is 8.85 Å². The van der Waals surface area contributed by atoms with Gasteiger partial charge in [-0.2, -0.15) is 0 Å². The van der Waals surface area contributed by atoms with Crippen LogP contribution in [0.3, 0.4) is 0 Å². The van der Waals surface area contributed by atoms with Crippen molar-refractivity contribution >= 4 is 20.5 Å². The summed E-state index contributed by atoms with van der Waals surface area (Å²) in [6.07, 6.45) is 0.607. The van der Waals surface area contributed by atoms with Gasteiger partial charge in [0.05, 0.1) is 0 Å². The first-order valence-corrected chi connectivity index (χ1v) is 8.20. The molecule has 0 rings (SSSR count). The normalized spacial score (nSPS) is 11.8. The van der Waals surface area contributed by atoms with E-state index in [2.05, 4.69) is 0 Å². The summed E-state index contributed by atoms with van der Waals surface area (Å²) in [7, 11) is -2.82. The van der Waals surface area contributed by atoms with E-state index in [4.69, 9.17) is 8.85 Å². The minimum Gasteiger partial charge on any atom is -0.485 e. The second-order valence-corrected chi connectivity index (χ2v) is 8.85. The highest BCUT2D eigenvalue weighted by Gasteiger charge is 2.51. The van der Waals surface area contributed by atoms with Gasteiger partial charge >= 0.3 is 8.56 Å². The van der Waals surface area contributed by atoms with Crippen LogP contribution in [-0.4, -0.2) is 20.5 Å². The zero-order valence-corrected chi connectivity index (χ0v) is 12.7. The summed E-state index contributed by atoms with van der Waals surface area (Å²) in [5.41, 5.74) is 0.0991. The monoisotopic (exact) mass is 260 g/mol. The second-order valence-electron chi connectivity index (χ2n) is 4.69. The number of rotatable bonds is 6. The van der Waals surface area contributed by atoms with Gasteiger partial charge in [0.2, 0.25) is 0 Å². The SMILES string of the molecule is CCC(=O)O[Si](OC(=O)CC)(C(C)C)C(C)C. The van der Waals surface area contributed by atoms with E-state index < -0.39 is 8.56 Å². The van der Waals surface area contributed by atoms with E-state index in [-0.39, 0.29) is 23.0 Å². The zero-order valence-electron chi connectivity index (χ0n) is 11.7. The first-order valence-electron chi connectivity index (χ1n) is 6.23. The van der Waals surface area contributed by atoms with E-state index >= 15 is 0 Å². The van der Waals surface area contributed by atoms with Gasteiger partial charge in [-0.15, -0.1) is 0 Å². The molecule has 0 bridgehead atoms. The van der Waals surface area contributed by atoms with Gasteiger partial charge in [0.25, 0.3) is 11.9 Å². The Morgan fingerprint density at radius 2 is 1.18 bits per heavy atom. The van der Waals surface area contributed by atoms with Crippen LogP contribution in [0.25, 0.3) is 0 Å². The summed E-state index contributed by atoms with van der Waals surface area (Å²) in [4.78, 5) is 23.1. The molecule has 5 heteroatoms. The van der Waals surface area contributed by atoms with Crippen molar-refractivity contribution in [3.05, 3.63) is 0 Å². The fourth-order valence-corrected chi connectivity index (χ4v) is 4.98. The third-order valence-corrected chi connectivity index (χ3v) is 7.05. The highest BCUT2D eigenvalue weighted by atomic mass is 28.4. The van der Waals surface area contributed by atoms with Gasteiger partial charge in [0, 0.05) is 23.9 Å². The number of hydrogen-bond donors (Lipinski definition) is 0. The molecule has 0 aliphatic heterocycles. The lowest BCUT2D eigenvalue weighted by Crippen LogP contribution is -2.51. The summed E-state index contributed by atoms with van der Waals surface area (Å²) in [6.45, 7) is 11.2. The number of carbonyl (C=O) groups excluding carboxylic acids is 2. The summed E-state index contributed by atoms with van der Waals surface area (Å²) < 4.78 is 11.1. The Balaban J connectivity index is 5.13. The van der Waals surface area contributed by atoms with Gasteiger partial charge in [0.15, 0.2) is 0 Å². The van der Waals surface area contributed by atoms with Crippen LogP contribution in [0, 0.1) is 0 Å². The van der Waals surface area contributed by atoms with Crippen LogP contribution < -0.4 is 0 Å². The van der Waals surface area contributed by atoms with Gasteiger partial charge in [0.1, 0.15) is 0 Å². The Morgan fingerprint density at radius 3 is 1.35 bits per heavy atom. The molecular weight excluding hydrogens is 236 g/mol. The van der Waals surface area contributed by atoms with Gasteiger partial charge in [-0.1, -0.05) is 41.5 Å². The average Bonchev–Trinajstić information content (AvgIpc) is 2.26. The number of carbonyl (C=O) groups is 2. The molecule has 0 saturated carbocycles. The second kappa shape index (κ2) is 6.79. The Bertz CT molecular complexity index is 246. The van der Waals surface area contributed by atoms with Crippen LogP contribution in [0.2, 0.25) is 11.1 Å². The van der Waals surface area contributed by atoms with Crippen molar-refractivity contribution in [1.29, 1.82) is 0 Å². The van der Waals surface area contributed by atoms with Crippen molar-refractivity contribution in [2.75, 3.05) is 0 Å². The highest BCUT2D eigenvalue weighted by Crippen LogP contribution is 2.35. The quantitative estimate of drug-likeness (QED) is 0.688. The summed E-state index contributed by atoms with van der Waals surface area (Å²) in [5.74, 6) is -0.578. The summed E-state index contributed by atoms with van der Waals surface area (Å²) in [5, 5.41) is 0. The lowest BCUT2D eigenvalue weighted by atomic mass is 10.5. The third kappa shape index (κ3) is 4.15. The molecule has 0 atom stereocenters. The zero-order chi connectivity index (χ0) is 13.6. The lowest BCUT2D eigenvalue weighted by Gasteiger charge is -2.35. The molecule has 0 saturated heterocycles. The molecule has 0 radical (unpaired) electrons. The topological polar surface area (TPSA) is 52.6 Å². The molecule has 100 valence electrons. The fraction of sp³-hybridized carbons (Fsp3) is 0.833. The standard InChI is InChI=1S/C12H24O4Si/c1-7-11(13)15-17(9(3)4,10(5)6)16-12(14)8-2/h9-10H,7-8H2,1-6H3. The minimum absolute atomic E-state index is 0.0495. The predicted molar refractivity (Wildman–Crippen MR) is 68.7 cm³/mol. The molecule has 0 fully saturated rings. The van der Waals surface area contributed by atoms with E-state index in [9.17, 15) is 9.59 Å². The van der Waals surface area contributed by atoms with E-state index in [0.29, 0.717) is 12.8 Å². The maximum absolute atomic E-state index is 11.5. The lowest BCUT2D eigenvalue weighted by molar-refractivity contribution is -0.142. The summed E-state index contributed by atoms with van der Waals surface area (Å²) >= 11 is 0. The molecule has 17 heavy (non-hydrogen) atoms. The van der Waals surface area contributed by atoms with E-state index in [1.165, 1.54) is 0 Å². The molecule has 0 spiro atoms. The van der Waals surface area contributed by atoms with Crippen LogP contribution in [0.5, 0.6) is 0 Å². The first-order chi connectivity index (χ1) is 7.80. The molecule has 0 aromatic heterocycles. The molecule has 0 aliphatic carbocycles. The van der Waals surface area contributed by atoms with E-state index in [1.54, 1.807) is 13.8 Å². The molecule has 0 aliphatic rings. The van der Waals surface area contributed by atoms with Crippen molar-refractivity contribution in [2.24, 2.45) is 0 Å². The Labute approximate surface area is 105 Å². The van der Waals surface area contributed by atoms with Crippen LogP contribution in [0.1, 0.15) is 54.4 Å². The van der Waals surface area contributed by atoms with Crippen molar-refractivity contribution in [2.45, 2.75) is 65.5 Å². The Hall–Kier alpha value is -0.843. The van der Waals surface area contributed by atoms with Crippen LogP contribution in [0.4, 0.5) is 0 Å². The maximum atomic E-state index is 11.5. The molecule has 0 aromatic carbocycles. The first kappa shape index (κ1) is 16.2. The Morgan fingerprint density at radius 1 is 0.882 bits per heavy atom. The molecule has 4 nitrogen and oxygen atoms in total. The average molecular weight is 260 g/mol. The molecule has 0 heterocycles. The fourth-order valence-electron chi connectivity index (χ4n) is 1.66. The van der Waals surface area contributed by atoms with Gasteiger partial charge in [-0.05, 0) is 0 Å². The maximum Gasteiger partial charge on any atom is 0.469 e. The summed E-state index contributed by atoms with van der Waals surface area (Å²) in [6, 6.07) is 0. The van der Waals surface area contributed by atoms with Crippen LogP contribution in [-0.2, 0) is 18.4 Å². The Kier molecular flexibility index (Phi) is 6.45. The third-order valence-electron chi connectivity index (χ3n) is 2.73. The van der Waals surface area contributed by atoms with E-state index in [0.717, 1.165) is 0 Å². The van der Waals surface area contributed by atoms with Crippen molar-refractivity contribution in [3.8, 4) is 0 Å². The molecule has 0 amide bonds. The molecule has 0 unspecified atom stereocenters. The van der Waals surface area contributed by atoms with Crippen LogP contribution in [0.15, 0.2) is 0 Å². The van der Waals surface area contributed by atoms with Crippen LogP contribution >= 0.6 is 0 Å². The molecular formula is C12H24O4Si. The van der Waals surface area contributed by atoms with Crippen molar-refractivity contribution < 1.29 is 18.4 Å². The van der Waals surface area contributed by atoms with Gasteiger partial charge in [-0.25, -0.2) is 0 Å².